The Labute approximate surface area is 115 Å². The van der Waals surface area contributed by atoms with Gasteiger partial charge < -0.3 is 4.74 Å². The van der Waals surface area contributed by atoms with Crippen molar-refractivity contribution in [3.63, 3.8) is 0 Å². The summed E-state index contributed by atoms with van der Waals surface area (Å²) in [5, 5.41) is 4.76. The number of hydrogen-bond acceptors (Lipinski definition) is 1. The van der Waals surface area contributed by atoms with Crippen molar-refractivity contribution >= 4 is 11.6 Å². The molecule has 0 aromatic heterocycles. The van der Waals surface area contributed by atoms with Crippen molar-refractivity contribution in [1.82, 2.24) is 5.32 Å². The third-order valence-electron chi connectivity index (χ3n) is 3.56. The van der Waals surface area contributed by atoms with Crippen LogP contribution in [0, 0.1) is 0 Å². The quantitative estimate of drug-likeness (QED) is 0.753. The van der Waals surface area contributed by atoms with Crippen LogP contribution >= 0.6 is 11.6 Å². The van der Waals surface area contributed by atoms with E-state index in [4.69, 9.17) is 21.7 Å². The second kappa shape index (κ2) is 6.44. The van der Waals surface area contributed by atoms with Crippen LogP contribution in [0.15, 0.2) is 24.3 Å². The predicted molar refractivity (Wildman–Crippen MR) is 75.1 cm³/mol. The highest BCUT2D eigenvalue weighted by Gasteiger charge is 2.32. The zero-order chi connectivity index (χ0) is 12.8. The normalized spacial score (nSPS) is 24.6. The monoisotopic (exact) mass is 266 g/mol. The highest BCUT2D eigenvalue weighted by Crippen LogP contribution is 2.28. The minimum atomic E-state index is -0.307. The van der Waals surface area contributed by atoms with E-state index >= 15 is 0 Å². The van der Waals surface area contributed by atoms with E-state index in [0.717, 1.165) is 30.7 Å². The summed E-state index contributed by atoms with van der Waals surface area (Å²) in [6, 6.07) is 8.02. The summed E-state index contributed by atoms with van der Waals surface area (Å²) >= 11 is 5.79. The number of hydrogen-bond donors (Lipinski definition) is 0. The van der Waals surface area contributed by atoms with Crippen LogP contribution in [0.2, 0.25) is 0 Å². The maximum absolute atomic E-state index is 6.16. The Hall–Kier alpha value is -0.730. The first kappa shape index (κ1) is 13.7. The topological polar surface area (TPSA) is 23.3 Å². The van der Waals surface area contributed by atoms with Crippen LogP contribution in [0.5, 0.6) is 5.75 Å². The van der Waals surface area contributed by atoms with Crippen LogP contribution in [-0.4, -0.2) is 12.3 Å². The van der Waals surface area contributed by atoms with Gasteiger partial charge >= 0.3 is 0 Å². The molecular weight excluding hydrogens is 246 g/mol. The standard InChI is InChI=1S/C15H21ClNO/c1-2-15(10-4-3-5-11-17-15)18-14-8-6-13(12-16)7-9-14/h6-9H,2-5,10-12H2,1H3. The van der Waals surface area contributed by atoms with Gasteiger partial charge in [0.15, 0.2) is 5.72 Å². The van der Waals surface area contributed by atoms with Crippen molar-refractivity contribution < 1.29 is 4.74 Å². The van der Waals surface area contributed by atoms with E-state index in [9.17, 15) is 0 Å². The Balaban J connectivity index is 2.07. The summed E-state index contributed by atoms with van der Waals surface area (Å²) in [4.78, 5) is 0. The molecule has 1 heterocycles. The van der Waals surface area contributed by atoms with Crippen molar-refractivity contribution in [2.24, 2.45) is 0 Å². The van der Waals surface area contributed by atoms with Gasteiger partial charge in [0.05, 0.1) is 0 Å². The van der Waals surface area contributed by atoms with E-state index in [1.165, 1.54) is 19.3 Å². The highest BCUT2D eigenvalue weighted by molar-refractivity contribution is 6.17. The van der Waals surface area contributed by atoms with E-state index in [1.54, 1.807) is 0 Å². The summed E-state index contributed by atoms with van der Waals surface area (Å²) in [6.07, 6.45) is 5.62. The zero-order valence-electron chi connectivity index (χ0n) is 11.0. The van der Waals surface area contributed by atoms with Gasteiger partial charge in [0.1, 0.15) is 5.75 Å². The van der Waals surface area contributed by atoms with Crippen LogP contribution in [0.1, 0.15) is 44.6 Å². The Kier molecular flexibility index (Phi) is 4.90. The van der Waals surface area contributed by atoms with E-state index in [0.29, 0.717) is 5.88 Å². The molecule has 1 radical (unpaired) electrons. The maximum atomic E-state index is 6.16. The molecule has 2 rings (SSSR count). The van der Waals surface area contributed by atoms with Gasteiger partial charge in [-0.1, -0.05) is 25.5 Å². The average Bonchev–Trinajstić information content (AvgIpc) is 2.66. The van der Waals surface area contributed by atoms with E-state index in [-0.39, 0.29) is 5.72 Å². The first-order valence-electron chi connectivity index (χ1n) is 6.80. The van der Waals surface area contributed by atoms with Gasteiger partial charge in [-0.25, -0.2) is 0 Å². The molecule has 1 aromatic rings. The van der Waals surface area contributed by atoms with Gasteiger partial charge in [0.2, 0.25) is 0 Å². The highest BCUT2D eigenvalue weighted by atomic mass is 35.5. The summed E-state index contributed by atoms with van der Waals surface area (Å²) in [5.41, 5.74) is 0.811. The minimum Gasteiger partial charge on any atom is -0.471 e. The molecule has 1 aromatic carbocycles. The first-order chi connectivity index (χ1) is 8.78. The van der Waals surface area contributed by atoms with E-state index in [1.807, 2.05) is 24.3 Å². The lowest BCUT2D eigenvalue weighted by Crippen LogP contribution is -2.44. The fourth-order valence-corrected chi connectivity index (χ4v) is 2.54. The van der Waals surface area contributed by atoms with Crippen molar-refractivity contribution in [2.75, 3.05) is 6.54 Å². The van der Waals surface area contributed by atoms with Crippen LogP contribution < -0.4 is 10.1 Å². The lowest BCUT2D eigenvalue weighted by molar-refractivity contribution is 0.0210. The first-order valence-corrected chi connectivity index (χ1v) is 7.34. The molecule has 0 bridgehead atoms. The fraction of sp³-hybridized carbons (Fsp3) is 0.600. The summed E-state index contributed by atoms with van der Waals surface area (Å²) in [6.45, 7) is 3.08. The van der Waals surface area contributed by atoms with Crippen LogP contribution in [0.4, 0.5) is 0 Å². The Morgan fingerprint density at radius 2 is 2.00 bits per heavy atom. The molecule has 3 heteroatoms. The minimum absolute atomic E-state index is 0.307. The molecule has 1 fully saturated rings. The largest absolute Gasteiger partial charge is 0.471 e. The van der Waals surface area contributed by atoms with Gasteiger partial charge in [-0.15, -0.1) is 11.6 Å². The molecule has 1 atom stereocenters. The van der Waals surface area contributed by atoms with Crippen molar-refractivity contribution in [2.45, 2.75) is 50.6 Å². The smallest absolute Gasteiger partial charge is 0.175 e. The molecule has 0 aliphatic carbocycles. The van der Waals surface area contributed by atoms with Crippen molar-refractivity contribution in [1.29, 1.82) is 0 Å². The van der Waals surface area contributed by atoms with Crippen LogP contribution in [0.3, 0.4) is 0 Å². The molecular formula is C15H21ClNO. The molecule has 18 heavy (non-hydrogen) atoms. The van der Waals surface area contributed by atoms with E-state index in [2.05, 4.69) is 6.92 Å². The summed E-state index contributed by atoms with van der Waals surface area (Å²) < 4.78 is 6.16. The predicted octanol–water partition coefficient (Wildman–Crippen LogP) is 4.09. The molecule has 1 saturated heterocycles. The van der Waals surface area contributed by atoms with Gasteiger partial charge in [-0.2, -0.15) is 5.32 Å². The number of alkyl halides is 1. The van der Waals surface area contributed by atoms with Crippen LogP contribution in [-0.2, 0) is 5.88 Å². The second-order valence-electron chi connectivity index (χ2n) is 4.87. The zero-order valence-corrected chi connectivity index (χ0v) is 11.7. The van der Waals surface area contributed by atoms with Gasteiger partial charge in [0.25, 0.3) is 0 Å². The third-order valence-corrected chi connectivity index (χ3v) is 3.87. The Morgan fingerprint density at radius 3 is 2.67 bits per heavy atom. The van der Waals surface area contributed by atoms with Crippen molar-refractivity contribution in [3.05, 3.63) is 29.8 Å². The SMILES string of the molecule is CCC1(Oc2ccc(CCl)cc2)CCCCC[N]1. The molecule has 1 aliphatic heterocycles. The molecule has 0 N–H and O–H groups in total. The lowest BCUT2D eigenvalue weighted by Gasteiger charge is -2.32. The van der Waals surface area contributed by atoms with Crippen molar-refractivity contribution in [3.8, 4) is 5.75 Å². The number of benzene rings is 1. The van der Waals surface area contributed by atoms with E-state index < -0.39 is 0 Å². The molecule has 0 spiro atoms. The van der Waals surface area contributed by atoms with Crippen LogP contribution in [0.25, 0.3) is 0 Å². The molecule has 2 nitrogen and oxygen atoms in total. The maximum Gasteiger partial charge on any atom is 0.175 e. The fourth-order valence-electron chi connectivity index (χ4n) is 2.36. The number of nitrogens with zero attached hydrogens (tertiary/aromatic N) is 1. The third kappa shape index (κ3) is 3.39. The summed E-state index contributed by atoms with van der Waals surface area (Å²) in [7, 11) is 0. The molecule has 0 saturated carbocycles. The molecule has 1 aliphatic rings. The van der Waals surface area contributed by atoms with Gasteiger partial charge in [-0.3, -0.25) is 0 Å². The average molecular weight is 267 g/mol. The molecule has 99 valence electrons. The number of rotatable bonds is 4. The van der Waals surface area contributed by atoms with Gasteiger partial charge in [-0.05, 0) is 37.0 Å². The number of ether oxygens (including phenoxy) is 1. The second-order valence-corrected chi connectivity index (χ2v) is 5.14. The van der Waals surface area contributed by atoms with Gasteiger partial charge in [0, 0.05) is 18.8 Å². The number of halogens is 1. The summed E-state index contributed by atoms with van der Waals surface area (Å²) in [5.74, 6) is 1.44. The Bertz CT molecular complexity index is 355. The molecule has 0 amide bonds. The lowest BCUT2D eigenvalue weighted by atomic mass is 10.0. The Morgan fingerprint density at radius 1 is 1.22 bits per heavy atom. The molecule has 1 unspecified atom stereocenters.